The molecule has 0 N–H and O–H groups in total. The molecule has 32 heavy (non-hydrogen) atoms. The van der Waals surface area contributed by atoms with Crippen LogP contribution in [0.4, 0.5) is 0 Å². The van der Waals surface area contributed by atoms with Crippen LogP contribution >= 0.6 is 0 Å². The lowest BCUT2D eigenvalue weighted by Crippen LogP contribution is -2.38. The van der Waals surface area contributed by atoms with Gasteiger partial charge in [0, 0.05) is 43.0 Å². The van der Waals surface area contributed by atoms with E-state index in [0.717, 1.165) is 24.2 Å². The van der Waals surface area contributed by atoms with E-state index in [1.165, 1.54) is 16.7 Å². The van der Waals surface area contributed by atoms with Crippen LogP contribution in [0.3, 0.4) is 0 Å². The van der Waals surface area contributed by atoms with E-state index in [9.17, 15) is 4.79 Å². The Kier molecular flexibility index (Phi) is 6.40. The van der Waals surface area contributed by atoms with Gasteiger partial charge in [0.2, 0.25) is 0 Å². The van der Waals surface area contributed by atoms with E-state index in [-0.39, 0.29) is 11.8 Å². The Morgan fingerprint density at radius 2 is 1.72 bits per heavy atom. The van der Waals surface area contributed by atoms with Crippen LogP contribution in [-0.4, -0.2) is 48.1 Å². The third-order valence-electron chi connectivity index (χ3n) is 6.37. The summed E-state index contributed by atoms with van der Waals surface area (Å²) in [6.45, 7) is 5.58. The summed E-state index contributed by atoms with van der Waals surface area (Å²) in [5.41, 5.74) is 5.28. The Labute approximate surface area is 189 Å². The highest BCUT2D eigenvalue weighted by Gasteiger charge is 2.27. The zero-order valence-electron chi connectivity index (χ0n) is 19.1. The number of carbonyl (C=O) groups excluding carboxylic acids is 1. The molecule has 0 spiro atoms. The lowest BCUT2D eigenvalue weighted by molar-refractivity contribution is 0.0707. The van der Waals surface area contributed by atoms with Crippen LogP contribution in [0.1, 0.15) is 46.1 Å². The largest absolute Gasteiger partial charge is 0.497 e. The number of ether oxygens (including phenoxy) is 2. The zero-order chi connectivity index (χ0) is 22.7. The molecule has 6 heteroatoms. The van der Waals surface area contributed by atoms with E-state index >= 15 is 0 Å². The molecule has 0 aliphatic carbocycles. The Morgan fingerprint density at radius 3 is 2.38 bits per heavy atom. The molecule has 0 unspecified atom stereocenters. The van der Waals surface area contributed by atoms with E-state index < -0.39 is 0 Å². The van der Waals surface area contributed by atoms with Crippen molar-refractivity contribution in [3.63, 3.8) is 0 Å². The zero-order valence-corrected chi connectivity index (χ0v) is 19.1. The number of methoxy groups -OCH3 is 2. The van der Waals surface area contributed by atoms with Crippen LogP contribution in [0.15, 0.2) is 48.8 Å². The molecule has 0 saturated carbocycles. The Bertz CT molecular complexity index is 1100. The highest BCUT2D eigenvalue weighted by atomic mass is 16.5. The summed E-state index contributed by atoms with van der Waals surface area (Å²) in [5.74, 6) is 2.28. The number of amides is 1. The van der Waals surface area contributed by atoms with Crippen molar-refractivity contribution in [3.8, 4) is 22.6 Å². The van der Waals surface area contributed by atoms with E-state index in [0.29, 0.717) is 30.2 Å². The maximum absolute atomic E-state index is 13.1. The summed E-state index contributed by atoms with van der Waals surface area (Å²) in [6, 6.07) is 11.6. The number of aromatic nitrogens is 2. The first-order valence-corrected chi connectivity index (χ1v) is 10.9. The van der Waals surface area contributed by atoms with E-state index in [1.807, 2.05) is 17.3 Å². The van der Waals surface area contributed by atoms with Gasteiger partial charge in [-0.2, -0.15) is 0 Å². The average molecular weight is 432 g/mol. The first-order chi connectivity index (χ1) is 15.5. The molecule has 1 aromatic heterocycles. The quantitative estimate of drug-likeness (QED) is 0.581. The maximum atomic E-state index is 13.1. The van der Waals surface area contributed by atoms with Gasteiger partial charge in [0.05, 0.1) is 19.8 Å². The number of benzene rings is 2. The predicted octanol–water partition coefficient (Wildman–Crippen LogP) is 4.80. The van der Waals surface area contributed by atoms with Crippen molar-refractivity contribution in [2.45, 2.75) is 32.6 Å². The molecule has 1 aliphatic rings. The topological polar surface area (TPSA) is 64.5 Å². The van der Waals surface area contributed by atoms with Crippen molar-refractivity contribution in [1.82, 2.24) is 14.9 Å². The second kappa shape index (κ2) is 9.39. The van der Waals surface area contributed by atoms with Gasteiger partial charge in [0.1, 0.15) is 17.3 Å². The number of hydrogen-bond acceptors (Lipinski definition) is 5. The minimum absolute atomic E-state index is 0.0193. The predicted molar refractivity (Wildman–Crippen MR) is 124 cm³/mol. The molecule has 4 rings (SSSR count). The molecule has 166 valence electrons. The maximum Gasteiger partial charge on any atom is 0.257 e. The fourth-order valence-electron chi connectivity index (χ4n) is 4.24. The van der Waals surface area contributed by atoms with Crippen molar-refractivity contribution in [3.05, 3.63) is 71.3 Å². The average Bonchev–Trinajstić information content (AvgIpc) is 2.85. The summed E-state index contributed by atoms with van der Waals surface area (Å²) in [5, 5.41) is 0. The fourth-order valence-corrected chi connectivity index (χ4v) is 4.24. The molecule has 1 amide bonds. The Balaban J connectivity index is 1.43. The third-order valence-corrected chi connectivity index (χ3v) is 6.37. The molecular formula is C26H29N3O3. The summed E-state index contributed by atoms with van der Waals surface area (Å²) >= 11 is 0. The summed E-state index contributed by atoms with van der Waals surface area (Å²) < 4.78 is 10.6. The van der Waals surface area contributed by atoms with E-state index in [1.54, 1.807) is 32.4 Å². The smallest absolute Gasteiger partial charge is 0.257 e. The number of likely N-dealkylation sites (tertiary alicyclic amines) is 1. The van der Waals surface area contributed by atoms with Crippen molar-refractivity contribution >= 4 is 5.91 Å². The van der Waals surface area contributed by atoms with Crippen LogP contribution in [0.2, 0.25) is 0 Å². The fraction of sp³-hybridized carbons (Fsp3) is 0.346. The van der Waals surface area contributed by atoms with Gasteiger partial charge in [-0.05, 0) is 55.5 Å². The van der Waals surface area contributed by atoms with Gasteiger partial charge in [0.25, 0.3) is 5.91 Å². The second-order valence-electron chi connectivity index (χ2n) is 8.21. The summed E-state index contributed by atoms with van der Waals surface area (Å²) in [4.78, 5) is 24.3. The molecule has 0 atom stereocenters. The van der Waals surface area contributed by atoms with Crippen LogP contribution < -0.4 is 9.47 Å². The molecule has 1 aliphatic heterocycles. The Hall–Kier alpha value is -3.41. The first-order valence-electron chi connectivity index (χ1n) is 10.9. The summed E-state index contributed by atoms with van der Waals surface area (Å²) in [6.07, 6.45) is 5.52. The number of aryl methyl sites for hydroxylation is 1. The van der Waals surface area contributed by atoms with Gasteiger partial charge < -0.3 is 14.4 Å². The SMILES string of the molecule is COc1ccc(C(=O)N2CCC(c3ncc(-c4cccc(C)c4C)cn3)CC2)c(OC)c1. The van der Waals surface area contributed by atoms with Crippen LogP contribution in [0.25, 0.3) is 11.1 Å². The molecule has 0 radical (unpaired) electrons. The standard InChI is InChI=1S/C26H29N3O3/c1-17-6-5-7-22(18(17)2)20-15-27-25(28-16-20)19-10-12-29(13-11-19)26(30)23-9-8-21(31-3)14-24(23)32-4/h5-9,14-16,19H,10-13H2,1-4H3. The van der Waals surface area contributed by atoms with Crippen LogP contribution in [0, 0.1) is 13.8 Å². The van der Waals surface area contributed by atoms with Gasteiger partial charge in [-0.1, -0.05) is 18.2 Å². The molecule has 3 aromatic rings. The van der Waals surface area contributed by atoms with E-state index in [2.05, 4.69) is 42.0 Å². The minimum atomic E-state index is -0.0193. The number of rotatable bonds is 5. The lowest BCUT2D eigenvalue weighted by atomic mass is 9.95. The van der Waals surface area contributed by atoms with Crippen molar-refractivity contribution in [2.75, 3.05) is 27.3 Å². The minimum Gasteiger partial charge on any atom is -0.497 e. The van der Waals surface area contributed by atoms with Gasteiger partial charge >= 0.3 is 0 Å². The van der Waals surface area contributed by atoms with Crippen molar-refractivity contribution < 1.29 is 14.3 Å². The van der Waals surface area contributed by atoms with Crippen molar-refractivity contribution in [2.24, 2.45) is 0 Å². The number of nitrogens with zero attached hydrogens (tertiary/aromatic N) is 3. The Morgan fingerprint density at radius 1 is 1.00 bits per heavy atom. The van der Waals surface area contributed by atoms with Crippen molar-refractivity contribution in [1.29, 1.82) is 0 Å². The molecule has 1 fully saturated rings. The van der Waals surface area contributed by atoms with E-state index in [4.69, 9.17) is 9.47 Å². The third kappa shape index (κ3) is 4.31. The highest BCUT2D eigenvalue weighted by molar-refractivity contribution is 5.97. The monoisotopic (exact) mass is 431 g/mol. The first kappa shape index (κ1) is 21.8. The van der Waals surface area contributed by atoms with Gasteiger partial charge in [-0.25, -0.2) is 9.97 Å². The number of carbonyl (C=O) groups is 1. The van der Waals surface area contributed by atoms with Gasteiger partial charge in [-0.15, -0.1) is 0 Å². The second-order valence-corrected chi connectivity index (χ2v) is 8.21. The lowest BCUT2D eigenvalue weighted by Gasteiger charge is -2.31. The molecule has 2 heterocycles. The van der Waals surface area contributed by atoms with Gasteiger partial charge in [-0.3, -0.25) is 4.79 Å². The molecular weight excluding hydrogens is 402 g/mol. The number of piperidine rings is 1. The van der Waals surface area contributed by atoms with Crippen LogP contribution in [-0.2, 0) is 0 Å². The molecule has 0 bridgehead atoms. The van der Waals surface area contributed by atoms with Crippen LogP contribution in [0.5, 0.6) is 11.5 Å². The van der Waals surface area contributed by atoms with Gasteiger partial charge in [0.15, 0.2) is 0 Å². The number of hydrogen-bond donors (Lipinski definition) is 0. The molecule has 1 saturated heterocycles. The molecule has 6 nitrogen and oxygen atoms in total. The normalized spacial score (nSPS) is 14.3. The molecule has 2 aromatic carbocycles. The summed E-state index contributed by atoms with van der Waals surface area (Å²) in [7, 11) is 3.16. The highest BCUT2D eigenvalue weighted by Crippen LogP contribution is 2.31.